The van der Waals surface area contributed by atoms with Gasteiger partial charge in [0.05, 0.1) is 24.8 Å². The standard InChI is InChI=1S/C24H20N2O5/c1-31-18-13-16(12-17(27)20(18)23(28)29)22-19(14-8-4-2-5-9-14)21(25-24(30)26-22)15-10-6-3-7-11-15/h2-13,19,22,27H,1H3,(H,26,30)(H,28,29). The fourth-order valence-electron chi connectivity index (χ4n) is 3.90. The number of rotatable bonds is 5. The van der Waals surface area contributed by atoms with Crippen molar-refractivity contribution in [1.29, 1.82) is 0 Å². The van der Waals surface area contributed by atoms with Crippen LogP contribution in [0.4, 0.5) is 4.79 Å². The van der Waals surface area contributed by atoms with Crippen LogP contribution >= 0.6 is 0 Å². The molecule has 3 aromatic rings. The van der Waals surface area contributed by atoms with Crippen LogP contribution in [0.25, 0.3) is 0 Å². The molecule has 0 bridgehead atoms. The number of aliphatic imine (C=N–C) groups is 1. The second-order valence-corrected chi connectivity index (χ2v) is 7.10. The number of carbonyl (C=O) groups is 2. The van der Waals surface area contributed by atoms with Crippen LogP contribution in [-0.2, 0) is 0 Å². The zero-order chi connectivity index (χ0) is 22.0. The number of phenols is 1. The number of methoxy groups -OCH3 is 1. The molecule has 31 heavy (non-hydrogen) atoms. The monoisotopic (exact) mass is 416 g/mol. The molecule has 0 fully saturated rings. The van der Waals surface area contributed by atoms with Crippen LogP contribution in [0, 0.1) is 0 Å². The second-order valence-electron chi connectivity index (χ2n) is 7.10. The van der Waals surface area contributed by atoms with Crippen molar-refractivity contribution in [3.63, 3.8) is 0 Å². The SMILES string of the molecule is COc1cc(C2NC(=O)N=C(c3ccccc3)C2c2ccccc2)cc(O)c1C(=O)O. The van der Waals surface area contributed by atoms with Crippen LogP contribution in [-0.4, -0.2) is 35.0 Å². The van der Waals surface area contributed by atoms with E-state index in [4.69, 9.17) is 4.74 Å². The molecule has 3 N–H and O–H groups in total. The number of benzene rings is 3. The van der Waals surface area contributed by atoms with Gasteiger partial charge in [0.1, 0.15) is 17.1 Å². The van der Waals surface area contributed by atoms with Gasteiger partial charge in [0.2, 0.25) is 0 Å². The topological polar surface area (TPSA) is 108 Å². The number of aromatic hydroxyl groups is 1. The number of aromatic carboxylic acids is 1. The Bertz CT molecular complexity index is 1160. The first-order valence-electron chi connectivity index (χ1n) is 9.63. The van der Waals surface area contributed by atoms with Crippen LogP contribution < -0.4 is 10.1 Å². The molecule has 2 unspecified atom stereocenters. The third-order valence-corrected chi connectivity index (χ3v) is 5.25. The average molecular weight is 416 g/mol. The molecule has 0 aromatic heterocycles. The Morgan fingerprint density at radius 3 is 2.26 bits per heavy atom. The Kier molecular flexibility index (Phi) is 5.41. The summed E-state index contributed by atoms with van der Waals surface area (Å²) >= 11 is 0. The average Bonchev–Trinajstić information content (AvgIpc) is 2.78. The van der Waals surface area contributed by atoms with E-state index in [9.17, 15) is 19.8 Å². The number of nitrogens with one attached hydrogen (secondary N) is 1. The molecule has 1 aliphatic rings. The number of nitrogens with zero attached hydrogens (tertiary/aromatic N) is 1. The first kappa shape index (κ1) is 20.2. The van der Waals surface area contributed by atoms with E-state index in [0.29, 0.717) is 11.3 Å². The number of carboxylic acid groups (broad SMARTS) is 1. The number of urea groups is 1. The molecule has 0 spiro atoms. The summed E-state index contributed by atoms with van der Waals surface area (Å²) in [6.07, 6.45) is 0. The highest BCUT2D eigenvalue weighted by Gasteiger charge is 2.36. The summed E-state index contributed by atoms with van der Waals surface area (Å²) in [4.78, 5) is 28.3. The molecule has 3 aromatic carbocycles. The molecule has 4 rings (SSSR count). The summed E-state index contributed by atoms with van der Waals surface area (Å²) in [6, 6.07) is 20.7. The number of amides is 2. The summed E-state index contributed by atoms with van der Waals surface area (Å²) < 4.78 is 5.21. The highest BCUT2D eigenvalue weighted by atomic mass is 16.5. The predicted octanol–water partition coefficient (Wildman–Crippen LogP) is 4.14. The Balaban J connectivity index is 1.91. The highest BCUT2D eigenvalue weighted by Crippen LogP contribution is 2.40. The Morgan fingerprint density at radius 2 is 1.65 bits per heavy atom. The summed E-state index contributed by atoms with van der Waals surface area (Å²) in [5.41, 5.74) is 2.47. The summed E-state index contributed by atoms with van der Waals surface area (Å²) in [5.74, 6) is -2.11. The van der Waals surface area contributed by atoms with Crippen LogP contribution in [0.15, 0.2) is 77.8 Å². The Morgan fingerprint density at radius 1 is 1.00 bits per heavy atom. The van der Waals surface area contributed by atoms with E-state index in [-0.39, 0.29) is 17.2 Å². The van der Waals surface area contributed by atoms with Gasteiger partial charge < -0.3 is 20.3 Å². The van der Waals surface area contributed by atoms with Crippen molar-refractivity contribution in [1.82, 2.24) is 5.32 Å². The molecule has 7 nitrogen and oxygen atoms in total. The minimum absolute atomic E-state index is 0.00679. The molecule has 0 aliphatic carbocycles. The van der Waals surface area contributed by atoms with Gasteiger partial charge in [0.25, 0.3) is 0 Å². The number of ether oxygens (including phenoxy) is 1. The zero-order valence-electron chi connectivity index (χ0n) is 16.6. The van der Waals surface area contributed by atoms with Gasteiger partial charge in [0.15, 0.2) is 0 Å². The first-order chi connectivity index (χ1) is 15.0. The molecule has 0 saturated carbocycles. The molecular formula is C24H20N2O5. The number of hydrogen-bond donors (Lipinski definition) is 3. The van der Waals surface area contributed by atoms with Gasteiger partial charge >= 0.3 is 12.0 Å². The predicted molar refractivity (Wildman–Crippen MR) is 115 cm³/mol. The second kappa shape index (κ2) is 8.31. The lowest BCUT2D eigenvalue weighted by Crippen LogP contribution is -2.40. The van der Waals surface area contributed by atoms with Crippen LogP contribution in [0.3, 0.4) is 0 Å². The lowest BCUT2D eigenvalue weighted by atomic mass is 9.79. The van der Waals surface area contributed by atoms with E-state index >= 15 is 0 Å². The fourth-order valence-corrected chi connectivity index (χ4v) is 3.90. The lowest BCUT2D eigenvalue weighted by molar-refractivity contribution is 0.0690. The van der Waals surface area contributed by atoms with Crippen molar-refractivity contribution in [2.24, 2.45) is 4.99 Å². The van der Waals surface area contributed by atoms with Crippen molar-refractivity contribution in [3.05, 3.63) is 95.1 Å². The maximum absolute atomic E-state index is 12.5. The number of hydrogen-bond acceptors (Lipinski definition) is 4. The van der Waals surface area contributed by atoms with Gasteiger partial charge in [-0.25, -0.2) is 9.59 Å². The first-order valence-corrected chi connectivity index (χ1v) is 9.63. The van der Waals surface area contributed by atoms with Crippen molar-refractivity contribution in [2.45, 2.75) is 12.0 Å². The molecule has 2 amide bonds. The van der Waals surface area contributed by atoms with Crippen molar-refractivity contribution in [2.75, 3.05) is 7.11 Å². The van der Waals surface area contributed by atoms with E-state index in [2.05, 4.69) is 10.3 Å². The summed E-state index contributed by atoms with van der Waals surface area (Å²) in [5, 5.41) is 22.7. The van der Waals surface area contributed by atoms with E-state index in [1.54, 1.807) is 0 Å². The van der Waals surface area contributed by atoms with Gasteiger partial charge in [-0.1, -0.05) is 60.7 Å². The summed E-state index contributed by atoms with van der Waals surface area (Å²) in [6.45, 7) is 0. The Labute approximate surface area is 178 Å². The molecule has 1 heterocycles. The van der Waals surface area contributed by atoms with E-state index in [1.165, 1.54) is 19.2 Å². The number of carbonyl (C=O) groups excluding carboxylic acids is 1. The zero-order valence-corrected chi connectivity index (χ0v) is 16.6. The van der Waals surface area contributed by atoms with Gasteiger partial charge in [-0.05, 0) is 28.8 Å². The highest BCUT2D eigenvalue weighted by molar-refractivity contribution is 6.12. The Hall–Kier alpha value is -4.13. The van der Waals surface area contributed by atoms with E-state index < -0.39 is 23.8 Å². The van der Waals surface area contributed by atoms with Gasteiger partial charge in [0, 0.05) is 0 Å². The molecule has 7 heteroatoms. The van der Waals surface area contributed by atoms with E-state index in [0.717, 1.165) is 11.1 Å². The third-order valence-electron chi connectivity index (χ3n) is 5.25. The molecular weight excluding hydrogens is 396 g/mol. The van der Waals surface area contributed by atoms with Gasteiger partial charge in [-0.2, -0.15) is 4.99 Å². The van der Waals surface area contributed by atoms with Gasteiger partial charge in [-0.3, -0.25) is 0 Å². The largest absolute Gasteiger partial charge is 0.507 e. The van der Waals surface area contributed by atoms with Crippen LogP contribution in [0.2, 0.25) is 0 Å². The smallest absolute Gasteiger partial charge is 0.343 e. The van der Waals surface area contributed by atoms with Crippen molar-refractivity contribution < 1.29 is 24.5 Å². The molecule has 0 saturated heterocycles. The molecule has 156 valence electrons. The van der Waals surface area contributed by atoms with Crippen molar-refractivity contribution >= 4 is 17.7 Å². The normalized spacial score (nSPS) is 18.1. The number of carboxylic acids is 1. The maximum Gasteiger partial charge on any atom is 0.343 e. The van der Waals surface area contributed by atoms with E-state index in [1.807, 2.05) is 60.7 Å². The molecule has 0 radical (unpaired) electrons. The van der Waals surface area contributed by atoms with Gasteiger partial charge in [-0.15, -0.1) is 0 Å². The summed E-state index contributed by atoms with van der Waals surface area (Å²) in [7, 11) is 1.33. The van der Waals surface area contributed by atoms with Crippen LogP contribution in [0.5, 0.6) is 11.5 Å². The fraction of sp³-hybridized carbons (Fsp3) is 0.125. The minimum atomic E-state index is -1.31. The molecule has 2 atom stereocenters. The van der Waals surface area contributed by atoms with Crippen molar-refractivity contribution in [3.8, 4) is 11.5 Å². The minimum Gasteiger partial charge on any atom is -0.507 e. The maximum atomic E-state index is 12.5. The lowest BCUT2D eigenvalue weighted by Gasteiger charge is -2.33. The third kappa shape index (κ3) is 3.85. The molecule has 1 aliphatic heterocycles. The van der Waals surface area contributed by atoms with Crippen LogP contribution in [0.1, 0.15) is 39.0 Å². The quantitative estimate of drug-likeness (QED) is 0.579.